The van der Waals surface area contributed by atoms with Crippen LogP contribution in [0, 0.1) is 0 Å². The molecule has 0 saturated heterocycles. The lowest BCUT2D eigenvalue weighted by atomic mass is 10.1. The number of hydrogen-bond acceptors (Lipinski definition) is 6. The molecule has 29 heavy (non-hydrogen) atoms. The summed E-state index contributed by atoms with van der Waals surface area (Å²) in [6, 6.07) is 11.7. The molecule has 3 aromatic heterocycles. The molecule has 0 bridgehead atoms. The number of carbonyl (C=O) groups is 2. The van der Waals surface area contributed by atoms with E-state index in [9.17, 15) is 9.59 Å². The van der Waals surface area contributed by atoms with E-state index in [4.69, 9.17) is 4.42 Å². The van der Waals surface area contributed by atoms with Gasteiger partial charge in [0.05, 0.1) is 16.1 Å². The molecule has 0 atom stereocenters. The number of nitrogens with one attached hydrogen (secondary N) is 2. The van der Waals surface area contributed by atoms with Crippen molar-refractivity contribution < 1.29 is 14.0 Å². The van der Waals surface area contributed by atoms with Gasteiger partial charge in [0.1, 0.15) is 12.1 Å². The molecule has 4 rings (SSSR count). The van der Waals surface area contributed by atoms with Crippen LogP contribution in [0.25, 0.3) is 11.0 Å². The lowest BCUT2D eigenvalue weighted by Gasteiger charge is -2.03. The maximum atomic E-state index is 12.9. The maximum absolute atomic E-state index is 12.9. The molecule has 7 nitrogen and oxygen atoms in total. The molecule has 4 aromatic rings. The highest BCUT2D eigenvalue weighted by molar-refractivity contribution is 8.00. The number of nitrogens with zero attached hydrogens (tertiary/aromatic N) is 2. The third-order valence-corrected chi connectivity index (χ3v) is 6.39. The summed E-state index contributed by atoms with van der Waals surface area (Å²) in [6.45, 7) is 0.0830. The molecule has 0 saturated carbocycles. The van der Waals surface area contributed by atoms with Gasteiger partial charge in [0, 0.05) is 29.9 Å². The zero-order valence-corrected chi connectivity index (χ0v) is 17.2. The summed E-state index contributed by atoms with van der Waals surface area (Å²) < 4.78 is 8.52. The first-order valence-corrected chi connectivity index (χ1v) is 10.7. The Bertz CT molecular complexity index is 1150. The van der Waals surface area contributed by atoms with Crippen LogP contribution in [-0.4, -0.2) is 28.6 Å². The van der Waals surface area contributed by atoms with Gasteiger partial charge in [0.2, 0.25) is 5.91 Å². The molecule has 0 unspecified atom stereocenters. The van der Waals surface area contributed by atoms with Crippen molar-refractivity contribution >= 4 is 51.6 Å². The molecule has 1 aromatic carbocycles. The highest BCUT2D eigenvalue weighted by Crippen LogP contribution is 2.34. The van der Waals surface area contributed by atoms with E-state index in [2.05, 4.69) is 21.8 Å². The number of likely N-dealkylation sites (N-methyl/N-ethyl adjacent to an activating group) is 1. The molecular formula is C20H18N4O3S2. The summed E-state index contributed by atoms with van der Waals surface area (Å²) in [5, 5.41) is 12.4. The summed E-state index contributed by atoms with van der Waals surface area (Å²) in [7, 11) is 1.56. The molecule has 3 heterocycles. The van der Waals surface area contributed by atoms with Crippen molar-refractivity contribution in [3.63, 3.8) is 0 Å². The third kappa shape index (κ3) is 4.36. The van der Waals surface area contributed by atoms with Crippen molar-refractivity contribution in [1.29, 1.82) is 0 Å². The second-order valence-electron chi connectivity index (χ2n) is 6.18. The van der Waals surface area contributed by atoms with Gasteiger partial charge >= 0.3 is 0 Å². The van der Waals surface area contributed by atoms with Gasteiger partial charge in [-0.05, 0) is 17.5 Å². The van der Waals surface area contributed by atoms with E-state index in [1.54, 1.807) is 36.3 Å². The van der Waals surface area contributed by atoms with Crippen LogP contribution >= 0.6 is 23.1 Å². The summed E-state index contributed by atoms with van der Waals surface area (Å²) >= 11 is 3.33. The smallest absolute Gasteiger partial charge is 0.291 e. The predicted molar refractivity (Wildman–Crippen MR) is 114 cm³/mol. The molecule has 148 valence electrons. The minimum atomic E-state index is -0.345. The second kappa shape index (κ2) is 8.54. The molecule has 9 heteroatoms. The average molecular weight is 427 g/mol. The van der Waals surface area contributed by atoms with E-state index in [-0.39, 0.29) is 24.1 Å². The Labute approximate surface area is 175 Å². The Morgan fingerprint density at radius 3 is 2.90 bits per heavy atom. The fourth-order valence-electron chi connectivity index (χ4n) is 2.84. The second-order valence-corrected chi connectivity index (χ2v) is 8.40. The van der Waals surface area contributed by atoms with Crippen molar-refractivity contribution in [1.82, 2.24) is 15.1 Å². The van der Waals surface area contributed by atoms with Gasteiger partial charge in [-0.25, -0.2) is 0 Å². The summed E-state index contributed by atoms with van der Waals surface area (Å²) in [4.78, 5) is 24.4. The fraction of sp³-hybridized carbons (Fsp3) is 0.150. The van der Waals surface area contributed by atoms with E-state index in [0.29, 0.717) is 17.0 Å². The minimum Gasteiger partial charge on any atom is -0.451 e. The van der Waals surface area contributed by atoms with Crippen LogP contribution < -0.4 is 10.6 Å². The number of fused-ring (bicyclic) bond motifs is 1. The van der Waals surface area contributed by atoms with E-state index >= 15 is 0 Å². The van der Waals surface area contributed by atoms with E-state index in [1.165, 1.54) is 15.1 Å². The van der Waals surface area contributed by atoms with Crippen LogP contribution in [0.4, 0.5) is 5.69 Å². The number of amides is 2. The number of aromatic nitrogens is 2. The standard InChI is InChI=1S/C20H18N4O3S2/c1-21-17(25)11-24-10-13(9-22-24)23-20(26)19-15(12-29-18-7-4-8-28-18)14-5-2-3-6-16(14)27-19/h2-10H,11-12H2,1H3,(H,21,25)(H,23,26). The van der Waals surface area contributed by atoms with Crippen LogP contribution in [-0.2, 0) is 17.1 Å². The van der Waals surface area contributed by atoms with E-state index in [1.807, 2.05) is 35.7 Å². The van der Waals surface area contributed by atoms with Gasteiger partial charge in [-0.1, -0.05) is 24.3 Å². The zero-order chi connectivity index (χ0) is 20.2. The van der Waals surface area contributed by atoms with Gasteiger partial charge in [-0.2, -0.15) is 5.10 Å². The Morgan fingerprint density at radius 1 is 1.24 bits per heavy atom. The number of thiophene rings is 1. The van der Waals surface area contributed by atoms with E-state index in [0.717, 1.165) is 10.9 Å². The Morgan fingerprint density at radius 2 is 2.10 bits per heavy atom. The Balaban J connectivity index is 1.56. The minimum absolute atomic E-state index is 0.0830. The zero-order valence-electron chi connectivity index (χ0n) is 15.5. The Kier molecular flexibility index (Phi) is 5.68. The predicted octanol–water partition coefficient (Wildman–Crippen LogP) is 3.98. The molecule has 2 N–H and O–H groups in total. The van der Waals surface area contributed by atoms with E-state index < -0.39 is 0 Å². The van der Waals surface area contributed by atoms with Crippen molar-refractivity contribution in [2.24, 2.45) is 0 Å². The van der Waals surface area contributed by atoms with Crippen molar-refractivity contribution in [2.45, 2.75) is 16.5 Å². The summed E-state index contributed by atoms with van der Waals surface area (Å²) in [6.07, 6.45) is 3.11. The Hall–Kier alpha value is -3.04. The molecule has 2 amide bonds. The normalized spacial score (nSPS) is 10.9. The van der Waals surface area contributed by atoms with Crippen molar-refractivity contribution in [3.8, 4) is 0 Å². The molecule has 0 spiro atoms. The monoisotopic (exact) mass is 426 g/mol. The highest BCUT2D eigenvalue weighted by Gasteiger charge is 2.21. The molecule has 0 aliphatic carbocycles. The number of hydrogen-bond donors (Lipinski definition) is 2. The number of para-hydroxylation sites is 1. The first kappa shape index (κ1) is 19.3. The van der Waals surface area contributed by atoms with Gasteiger partial charge in [0.15, 0.2) is 5.76 Å². The van der Waals surface area contributed by atoms with Gasteiger partial charge in [-0.15, -0.1) is 23.1 Å². The van der Waals surface area contributed by atoms with Crippen molar-refractivity contribution in [3.05, 3.63) is 65.5 Å². The lowest BCUT2D eigenvalue weighted by Crippen LogP contribution is -2.23. The summed E-state index contributed by atoms with van der Waals surface area (Å²) in [5.41, 5.74) is 2.03. The molecular weight excluding hydrogens is 408 g/mol. The molecule has 0 radical (unpaired) electrons. The number of anilines is 1. The van der Waals surface area contributed by atoms with Gasteiger partial charge < -0.3 is 15.1 Å². The van der Waals surface area contributed by atoms with Crippen LogP contribution in [0.1, 0.15) is 16.1 Å². The number of rotatable bonds is 7. The van der Waals surface area contributed by atoms with Crippen LogP contribution in [0.5, 0.6) is 0 Å². The lowest BCUT2D eigenvalue weighted by molar-refractivity contribution is -0.121. The van der Waals surface area contributed by atoms with Crippen LogP contribution in [0.15, 0.2) is 62.8 Å². The molecule has 0 aliphatic heterocycles. The molecule has 0 aliphatic rings. The number of benzene rings is 1. The number of carbonyl (C=O) groups excluding carboxylic acids is 2. The van der Waals surface area contributed by atoms with Crippen LogP contribution in [0.3, 0.4) is 0 Å². The van der Waals surface area contributed by atoms with Crippen LogP contribution in [0.2, 0.25) is 0 Å². The average Bonchev–Trinajstić information content (AvgIpc) is 3.46. The van der Waals surface area contributed by atoms with Gasteiger partial charge in [-0.3, -0.25) is 14.3 Å². The molecule has 0 fully saturated rings. The number of thioether (sulfide) groups is 1. The maximum Gasteiger partial charge on any atom is 0.291 e. The SMILES string of the molecule is CNC(=O)Cn1cc(NC(=O)c2oc3ccccc3c2CSc2cccs2)cn1. The first-order valence-electron chi connectivity index (χ1n) is 8.85. The quantitative estimate of drug-likeness (QED) is 0.436. The third-order valence-electron chi connectivity index (χ3n) is 4.23. The number of furan rings is 1. The fourth-order valence-corrected chi connectivity index (χ4v) is 4.66. The van der Waals surface area contributed by atoms with Gasteiger partial charge in [0.25, 0.3) is 5.91 Å². The highest BCUT2D eigenvalue weighted by atomic mass is 32.2. The summed E-state index contributed by atoms with van der Waals surface area (Å²) in [5.74, 6) is 0.392. The van der Waals surface area contributed by atoms with Crippen molar-refractivity contribution in [2.75, 3.05) is 12.4 Å². The topological polar surface area (TPSA) is 89.2 Å². The first-order chi connectivity index (χ1) is 14.1. The largest absolute Gasteiger partial charge is 0.451 e.